The number of anilines is 1. The Labute approximate surface area is 124 Å². The van der Waals surface area contributed by atoms with Crippen molar-refractivity contribution in [2.75, 3.05) is 4.72 Å². The molecule has 0 aliphatic rings. The summed E-state index contributed by atoms with van der Waals surface area (Å²) in [5.74, 6) is -2.10. The molecule has 0 amide bonds. The van der Waals surface area contributed by atoms with Crippen molar-refractivity contribution in [3.63, 3.8) is 0 Å². The van der Waals surface area contributed by atoms with Crippen LogP contribution in [0.25, 0.3) is 0 Å². The van der Waals surface area contributed by atoms with Crippen LogP contribution in [0.3, 0.4) is 0 Å². The largest absolute Gasteiger partial charge is 0.279 e. The van der Waals surface area contributed by atoms with Crippen LogP contribution < -0.4 is 4.72 Å². The van der Waals surface area contributed by atoms with Gasteiger partial charge in [-0.1, -0.05) is 11.6 Å². The van der Waals surface area contributed by atoms with Gasteiger partial charge in [0.05, 0.1) is 16.3 Å². The number of hydrogen-bond donors (Lipinski definition) is 1. The summed E-state index contributed by atoms with van der Waals surface area (Å²) in [6.45, 7) is 0. The van der Waals surface area contributed by atoms with E-state index in [2.05, 4.69) is 4.72 Å². The fraction of sp³-hybridized carbons (Fsp3) is 0. The molecule has 0 aliphatic carbocycles. The number of nitrogens with one attached hydrogen (secondary N) is 1. The normalized spacial score (nSPS) is 11.0. The highest BCUT2D eigenvalue weighted by molar-refractivity contribution is 7.92. The average molecular weight is 329 g/mol. The minimum atomic E-state index is -4.24. The molecule has 0 saturated carbocycles. The number of hydrogen-bond acceptors (Lipinski definition) is 3. The molecule has 0 heterocycles. The highest BCUT2D eigenvalue weighted by Crippen LogP contribution is 2.23. The highest BCUT2D eigenvalue weighted by atomic mass is 35.5. The Hall–Kier alpha value is -2.17. The molecule has 0 saturated heterocycles. The van der Waals surface area contributed by atoms with Crippen molar-refractivity contribution >= 4 is 27.3 Å². The van der Waals surface area contributed by atoms with Gasteiger partial charge in [-0.05, 0) is 30.3 Å². The Balaban J connectivity index is 2.40. The zero-order valence-electron chi connectivity index (χ0n) is 10.3. The smallest absolute Gasteiger partial charge is 0.264 e. The predicted molar refractivity (Wildman–Crippen MR) is 73.3 cm³/mol. The van der Waals surface area contributed by atoms with Crippen LogP contribution in [-0.4, -0.2) is 8.42 Å². The van der Waals surface area contributed by atoms with E-state index in [1.165, 1.54) is 18.2 Å². The van der Waals surface area contributed by atoms with Crippen LogP contribution in [0, 0.1) is 23.0 Å². The monoisotopic (exact) mass is 328 g/mol. The van der Waals surface area contributed by atoms with Crippen LogP contribution in [-0.2, 0) is 10.0 Å². The van der Waals surface area contributed by atoms with Crippen LogP contribution in [0.15, 0.2) is 41.3 Å². The van der Waals surface area contributed by atoms with Crippen LogP contribution >= 0.6 is 11.6 Å². The fourth-order valence-electron chi connectivity index (χ4n) is 1.58. The molecule has 2 aromatic rings. The molecule has 4 nitrogen and oxygen atoms in total. The van der Waals surface area contributed by atoms with E-state index in [0.717, 1.165) is 12.1 Å². The molecule has 8 heteroatoms. The quantitative estimate of drug-likeness (QED) is 0.939. The minimum absolute atomic E-state index is 0.0414. The third-order valence-corrected chi connectivity index (χ3v) is 4.27. The first-order valence-corrected chi connectivity index (χ1v) is 7.37. The van der Waals surface area contributed by atoms with Gasteiger partial charge >= 0.3 is 0 Å². The van der Waals surface area contributed by atoms with E-state index in [-0.39, 0.29) is 16.3 Å². The van der Waals surface area contributed by atoms with E-state index in [1.807, 2.05) is 0 Å². The number of sulfonamides is 1. The molecular weight excluding hydrogens is 322 g/mol. The Bertz CT molecular complexity index is 848. The third-order valence-electron chi connectivity index (χ3n) is 2.52. The molecule has 2 aromatic carbocycles. The van der Waals surface area contributed by atoms with Crippen molar-refractivity contribution < 1.29 is 17.2 Å². The topological polar surface area (TPSA) is 70.0 Å². The van der Waals surface area contributed by atoms with Crippen LogP contribution in [0.2, 0.25) is 5.02 Å². The molecule has 0 bridgehead atoms. The lowest BCUT2D eigenvalue weighted by Crippen LogP contribution is -2.14. The third kappa shape index (κ3) is 3.29. The van der Waals surface area contributed by atoms with Gasteiger partial charge in [0.15, 0.2) is 0 Å². The maximum absolute atomic E-state index is 13.5. The van der Waals surface area contributed by atoms with Gasteiger partial charge in [-0.25, -0.2) is 17.2 Å². The predicted octanol–water partition coefficient (Wildman–Crippen LogP) is 3.29. The van der Waals surface area contributed by atoms with E-state index in [9.17, 15) is 17.2 Å². The summed E-state index contributed by atoms with van der Waals surface area (Å²) in [4.78, 5) is -0.697. The molecule has 0 atom stereocenters. The van der Waals surface area contributed by atoms with Gasteiger partial charge < -0.3 is 0 Å². The Morgan fingerprint density at radius 1 is 1.14 bits per heavy atom. The summed E-state index contributed by atoms with van der Waals surface area (Å²) in [7, 11) is -4.24. The molecule has 21 heavy (non-hydrogen) atoms. The van der Waals surface area contributed by atoms with E-state index in [1.54, 1.807) is 6.07 Å². The molecular formula is C13H7ClF2N2O2S. The number of rotatable bonds is 3. The first kappa shape index (κ1) is 15.2. The van der Waals surface area contributed by atoms with E-state index in [0.29, 0.717) is 6.07 Å². The van der Waals surface area contributed by atoms with Gasteiger partial charge in [0.2, 0.25) is 0 Å². The second-order valence-corrected chi connectivity index (χ2v) is 6.04. The van der Waals surface area contributed by atoms with Gasteiger partial charge in [0.25, 0.3) is 10.0 Å². The van der Waals surface area contributed by atoms with Crippen molar-refractivity contribution in [1.82, 2.24) is 0 Å². The SMILES string of the molecule is N#Cc1cc(NS(=O)(=O)c2ccc(F)cc2F)ccc1Cl. The van der Waals surface area contributed by atoms with Gasteiger partial charge in [-0.3, -0.25) is 4.72 Å². The zero-order valence-corrected chi connectivity index (χ0v) is 11.8. The number of halogens is 3. The molecule has 0 aromatic heterocycles. The van der Waals surface area contributed by atoms with E-state index >= 15 is 0 Å². The lowest BCUT2D eigenvalue weighted by molar-refractivity contribution is 0.551. The Morgan fingerprint density at radius 2 is 1.86 bits per heavy atom. The maximum Gasteiger partial charge on any atom is 0.264 e. The minimum Gasteiger partial charge on any atom is -0.279 e. The second-order valence-electron chi connectivity index (χ2n) is 3.99. The number of benzene rings is 2. The van der Waals surface area contributed by atoms with E-state index in [4.69, 9.17) is 16.9 Å². The van der Waals surface area contributed by atoms with Crippen LogP contribution in [0.5, 0.6) is 0 Å². The van der Waals surface area contributed by atoms with Gasteiger partial charge in [0, 0.05) is 6.07 Å². The number of nitrogens with zero attached hydrogens (tertiary/aromatic N) is 1. The maximum atomic E-state index is 13.5. The van der Waals surface area contributed by atoms with Crippen molar-refractivity contribution in [3.8, 4) is 6.07 Å². The van der Waals surface area contributed by atoms with Crippen LogP contribution in [0.4, 0.5) is 14.5 Å². The first-order valence-electron chi connectivity index (χ1n) is 5.51. The summed E-state index contributed by atoms with van der Waals surface area (Å²) < 4.78 is 52.5. The lowest BCUT2D eigenvalue weighted by atomic mass is 10.2. The summed E-state index contributed by atoms with van der Waals surface area (Å²) in [6, 6.07) is 7.77. The second kappa shape index (κ2) is 5.68. The zero-order chi connectivity index (χ0) is 15.6. The van der Waals surface area contributed by atoms with Gasteiger partial charge in [-0.2, -0.15) is 5.26 Å². The molecule has 0 spiro atoms. The van der Waals surface area contributed by atoms with Crippen LogP contribution in [0.1, 0.15) is 5.56 Å². The van der Waals surface area contributed by atoms with Gasteiger partial charge in [-0.15, -0.1) is 0 Å². The van der Waals surface area contributed by atoms with Crippen molar-refractivity contribution in [2.45, 2.75) is 4.90 Å². The van der Waals surface area contributed by atoms with Crippen molar-refractivity contribution in [1.29, 1.82) is 5.26 Å². The first-order chi connectivity index (χ1) is 9.83. The Kier molecular flexibility index (Phi) is 4.11. The Morgan fingerprint density at radius 3 is 2.48 bits per heavy atom. The van der Waals surface area contributed by atoms with Gasteiger partial charge in [0.1, 0.15) is 22.6 Å². The fourth-order valence-corrected chi connectivity index (χ4v) is 2.85. The molecule has 108 valence electrons. The molecule has 0 unspecified atom stereocenters. The summed E-state index contributed by atoms with van der Waals surface area (Å²) in [5, 5.41) is 8.98. The molecule has 0 radical (unpaired) electrons. The highest BCUT2D eigenvalue weighted by Gasteiger charge is 2.20. The lowest BCUT2D eigenvalue weighted by Gasteiger charge is -2.09. The average Bonchev–Trinajstić information content (AvgIpc) is 2.40. The summed E-state index contributed by atoms with van der Waals surface area (Å²) >= 11 is 5.73. The molecule has 0 fully saturated rings. The van der Waals surface area contributed by atoms with Crippen molar-refractivity contribution in [3.05, 3.63) is 58.6 Å². The molecule has 2 rings (SSSR count). The summed E-state index contributed by atoms with van der Waals surface area (Å²) in [6.07, 6.45) is 0. The number of nitriles is 1. The molecule has 0 aliphatic heterocycles. The van der Waals surface area contributed by atoms with Crippen molar-refractivity contribution in [2.24, 2.45) is 0 Å². The standard InChI is InChI=1S/C13H7ClF2N2O2S/c14-11-3-2-10(5-8(11)7-17)18-21(19,20)13-4-1-9(15)6-12(13)16/h1-6,18H. The summed E-state index contributed by atoms with van der Waals surface area (Å²) in [5.41, 5.74) is 0.108. The molecule has 1 N–H and O–H groups in total. The van der Waals surface area contributed by atoms with E-state index < -0.39 is 26.6 Å².